The normalized spacial score (nSPS) is 14.6. The highest BCUT2D eigenvalue weighted by molar-refractivity contribution is 6.31. The Bertz CT molecular complexity index is 1430. The first-order valence-corrected chi connectivity index (χ1v) is 13.9. The quantitative estimate of drug-likeness (QED) is 0.239. The van der Waals surface area contributed by atoms with Crippen LogP contribution >= 0.6 is 11.6 Å². The molecule has 1 aliphatic rings. The molecule has 43 heavy (non-hydrogen) atoms. The topological polar surface area (TPSA) is 85.0 Å². The zero-order chi connectivity index (χ0) is 31.2. The number of amides is 2. The molecule has 2 aromatic carbocycles. The third-order valence-electron chi connectivity index (χ3n) is 7.33. The number of anilines is 1. The number of alkyl halides is 3. The minimum Gasteiger partial charge on any atom is -0.493 e. The van der Waals surface area contributed by atoms with E-state index in [-0.39, 0.29) is 30.0 Å². The van der Waals surface area contributed by atoms with Gasteiger partial charge >= 0.3 is 12.2 Å². The van der Waals surface area contributed by atoms with Gasteiger partial charge < -0.3 is 29.7 Å². The summed E-state index contributed by atoms with van der Waals surface area (Å²) in [4.78, 5) is 19.6. The largest absolute Gasteiger partial charge is 0.493 e. The highest BCUT2D eigenvalue weighted by Crippen LogP contribution is 2.33. The zero-order valence-electron chi connectivity index (χ0n) is 24.0. The number of urea groups is 1. The number of aromatic nitrogens is 1. The number of ether oxygens (including phenoxy) is 3. The molecule has 1 saturated heterocycles. The van der Waals surface area contributed by atoms with Gasteiger partial charge in [-0.15, -0.1) is 0 Å². The van der Waals surface area contributed by atoms with Crippen molar-refractivity contribution in [3.8, 4) is 17.2 Å². The molecule has 0 bridgehead atoms. The van der Waals surface area contributed by atoms with Gasteiger partial charge in [-0.25, -0.2) is 9.18 Å². The number of rotatable bonds is 10. The van der Waals surface area contributed by atoms with Gasteiger partial charge in [-0.2, -0.15) is 13.2 Å². The van der Waals surface area contributed by atoms with E-state index in [0.29, 0.717) is 28.4 Å². The number of carbonyl (C=O) groups is 1. The van der Waals surface area contributed by atoms with E-state index in [1.54, 1.807) is 30.0 Å². The molecular weight excluding hydrogens is 592 g/mol. The van der Waals surface area contributed by atoms with Gasteiger partial charge in [0.25, 0.3) is 0 Å². The fourth-order valence-electron chi connectivity index (χ4n) is 4.79. The van der Waals surface area contributed by atoms with Crippen molar-refractivity contribution in [1.29, 1.82) is 0 Å². The number of hydrogen-bond donors (Lipinski definition) is 2. The van der Waals surface area contributed by atoms with Crippen molar-refractivity contribution in [2.75, 3.05) is 32.1 Å². The maximum atomic E-state index is 13.7. The monoisotopic (exact) mass is 624 g/mol. The Labute approximate surface area is 252 Å². The summed E-state index contributed by atoms with van der Waals surface area (Å²) < 4.78 is 67.9. The maximum Gasteiger partial charge on any atom is 0.422 e. The molecule has 1 aromatic heterocycles. The molecule has 2 heterocycles. The van der Waals surface area contributed by atoms with Gasteiger partial charge in [-0.1, -0.05) is 17.7 Å². The smallest absolute Gasteiger partial charge is 0.422 e. The van der Waals surface area contributed by atoms with E-state index in [9.17, 15) is 22.4 Å². The zero-order valence-corrected chi connectivity index (χ0v) is 24.7. The van der Waals surface area contributed by atoms with Crippen LogP contribution < -0.4 is 24.8 Å². The number of benzene rings is 2. The van der Waals surface area contributed by atoms with Crippen LogP contribution in [0.25, 0.3) is 0 Å². The third kappa shape index (κ3) is 8.41. The Hall–Kier alpha value is -3.77. The third-order valence-corrected chi connectivity index (χ3v) is 7.62. The molecule has 13 heteroatoms. The Morgan fingerprint density at radius 3 is 2.51 bits per heavy atom. The van der Waals surface area contributed by atoms with Gasteiger partial charge in [-0.3, -0.25) is 4.98 Å². The van der Waals surface area contributed by atoms with Gasteiger partial charge in [-0.05, 0) is 81.7 Å². The minimum atomic E-state index is -4.46. The molecule has 0 aliphatic carbocycles. The van der Waals surface area contributed by atoms with E-state index >= 15 is 0 Å². The number of piperidine rings is 1. The standard InChI is InChI=1S/C30H33ClF4N4O4/c1-19-24(37-11-8-25(19)43-18-30(33,34)35)17-42-26-7-4-20(14-27(26)41-3)16-39(29(2)9-12-36-13-10-29)28(40)38-21-5-6-23(32)22(31)15-21/h4-8,11,14-15,36H,9-10,12-13,16-18H2,1-3H3,(H,38,40). The lowest BCUT2D eigenvalue weighted by Gasteiger charge is -2.44. The second-order valence-corrected chi connectivity index (χ2v) is 10.9. The molecule has 0 unspecified atom stereocenters. The summed E-state index contributed by atoms with van der Waals surface area (Å²) in [5, 5.41) is 6.06. The second kappa shape index (κ2) is 13.7. The van der Waals surface area contributed by atoms with Crippen molar-refractivity contribution in [2.24, 2.45) is 0 Å². The van der Waals surface area contributed by atoms with Crippen molar-refractivity contribution in [3.63, 3.8) is 0 Å². The van der Waals surface area contributed by atoms with Gasteiger partial charge in [0.2, 0.25) is 0 Å². The average molecular weight is 625 g/mol. The molecule has 232 valence electrons. The number of methoxy groups -OCH3 is 1. The van der Waals surface area contributed by atoms with E-state index in [1.165, 1.54) is 37.6 Å². The van der Waals surface area contributed by atoms with Crippen LogP contribution in [0, 0.1) is 12.7 Å². The highest BCUT2D eigenvalue weighted by Gasteiger charge is 2.37. The molecule has 0 spiro atoms. The summed E-state index contributed by atoms with van der Waals surface area (Å²) >= 11 is 5.92. The number of halogens is 5. The fourth-order valence-corrected chi connectivity index (χ4v) is 4.97. The molecule has 1 aliphatic heterocycles. The molecule has 1 fully saturated rings. The van der Waals surface area contributed by atoms with Crippen LogP contribution in [-0.2, 0) is 13.2 Å². The molecule has 0 radical (unpaired) electrons. The van der Waals surface area contributed by atoms with Gasteiger partial charge in [0, 0.05) is 29.5 Å². The van der Waals surface area contributed by atoms with Gasteiger partial charge in [0.1, 0.15) is 18.2 Å². The summed E-state index contributed by atoms with van der Waals surface area (Å²) in [5.41, 5.74) is 1.52. The number of hydrogen-bond acceptors (Lipinski definition) is 6. The Morgan fingerprint density at radius 2 is 1.84 bits per heavy atom. The Balaban J connectivity index is 1.51. The van der Waals surface area contributed by atoms with E-state index in [4.69, 9.17) is 25.8 Å². The number of nitrogens with zero attached hydrogens (tertiary/aromatic N) is 2. The van der Waals surface area contributed by atoms with Crippen LogP contribution in [-0.4, -0.2) is 54.4 Å². The maximum absolute atomic E-state index is 13.7. The molecule has 0 atom stereocenters. The lowest BCUT2D eigenvalue weighted by molar-refractivity contribution is -0.153. The van der Waals surface area contributed by atoms with Gasteiger partial charge in [0.15, 0.2) is 18.1 Å². The van der Waals surface area contributed by atoms with Crippen LogP contribution in [0.2, 0.25) is 5.02 Å². The van der Waals surface area contributed by atoms with Crippen LogP contribution in [0.15, 0.2) is 48.7 Å². The van der Waals surface area contributed by atoms with E-state index in [2.05, 4.69) is 15.6 Å². The highest BCUT2D eigenvalue weighted by atomic mass is 35.5. The minimum absolute atomic E-state index is 0.0371. The Kier molecular flexibility index (Phi) is 10.2. The molecule has 2 amide bonds. The van der Waals surface area contributed by atoms with Gasteiger partial charge in [0.05, 0.1) is 17.8 Å². The number of nitrogens with one attached hydrogen (secondary N) is 2. The number of carbonyl (C=O) groups excluding carboxylic acids is 1. The van der Waals surface area contributed by atoms with E-state index in [0.717, 1.165) is 31.5 Å². The molecule has 3 aromatic rings. The summed E-state index contributed by atoms with van der Waals surface area (Å²) in [6.07, 6.45) is -1.65. The molecular formula is C30H33ClF4N4O4. The summed E-state index contributed by atoms with van der Waals surface area (Å²) in [7, 11) is 1.48. The first-order chi connectivity index (χ1) is 20.4. The number of pyridine rings is 1. The van der Waals surface area contributed by atoms with Crippen molar-refractivity contribution in [3.05, 3.63) is 76.3 Å². The first-order valence-electron chi connectivity index (χ1n) is 13.6. The van der Waals surface area contributed by atoms with Crippen LogP contribution in [0.5, 0.6) is 17.2 Å². The second-order valence-electron chi connectivity index (χ2n) is 10.5. The Morgan fingerprint density at radius 1 is 1.09 bits per heavy atom. The summed E-state index contributed by atoms with van der Waals surface area (Å²) in [6, 6.07) is 10.3. The van der Waals surface area contributed by atoms with Crippen molar-refractivity contribution in [2.45, 2.75) is 51.6 Å². The molecule has 2 N–H and O–H groups in total. The molecule has 8 nitrogen and oxygen atoms in total. The van der Waals surface area contributed by atoms with Crippen molar-refractivity contribution in [1.82, 2.24) is 15.2 Å². The van der Waals surface area contributed by atoms with Crippen molar-refractivity contribution < 1.29 is 36.6 Å². The molecule has 4 rings (SSSR count). The lowest BCUT2D eigenvalue weighted by Crippen LogP contribution is -2.55. The average Bonchev–Trinajstić information content (AvgIpc) is 2.96. The van der Waals surface area contributed by atoms with Crippen LogP contribution in [0.4, 0.5) is 28.0 Å². The summed E-state index contributed by atoms with van der Waals surface area (Å²) in [5.74, 6) is 0.283. The van der Waals surface area contributed by atoms with E-state index in [1.807, 2.05) is 6.92 Å². The predicted molar refractivity (Wildman–Crippen MR) is 154 cm³/mol. The van der Waals surface area contributed by atoms with Crippen molar-refractivity contribution >= 4 is 23.3 Å². The fraction of sp³-hybridized carbons (Fsp3) is 0.400. The van der Waals surface area contributed by atoms with E-state index < -0.39 is 24.1 Å². The first kappa shape index (κ1) is 32.2. The summed E-state index contributed by atoms with van der Waals surface area (Å²) in [6.45, 7) is 3.93. The van der Waals surface area contributed by atoms with Crippen LogP contribution in [0.3, 0.4) is 0 Å². The molecule has 0 saturated carbocycles. The van der Waals surface area contributed by atoms with Crippen LogP contribution in [0.1, 0.15) is 36.6 Å². The lowest BCUT2D eigenvalue weighted by atomic mass is 9.88. The SMILES string of the molecule is COc1cc(CN(C(=O)Nc2ccc(F)c(Cl)c2)C2(C)CCNCC2)ccc1OCc1nccc(OCC(F)(F)F)c1C. The predicted octanol–water partition coefficient (Wildman–Crippen LogP) is 6.89.